The number of hydrogen-bond acceptors (Lipinski definition) is 8. The van der Waals surface area contributed by atoms with Crippen molar-refractivity contribution >= 4 is 23.2 Å². The van der Waals surface area contributed by atoms with E-state index in [9.17, 15) is 9.59 Å². The van der Waals surface area contributed by atoms with Gasteiger partial charge in [0.1, 0.15) is 24.4 Å². The second-order valence-electron chi connectivity index (χ2n) is 12.6. The zero-order chi connectivity index (χ0) is 28.9. The second-order valence-corrected chi connectivity index (χ2v) is 12.6. The Morgan fingerprint density at radius 3 is 1.50 bits per heavy atom. The molecule has 40 heavy (non-hydrogen) atoms. The summed E-state index contributed by atoms with van der Waals surface area (Å²) in [7, 11) is 0. The molecule has 220 valence electrons. The third kappa shape index (κ3) is 8.11. The van der Waals surface area contributed by atoms with Crippen molar-refractivity contribution < 1.29 is 28.5 Å². The molecule has 0 spiro atoms. The Hall–Kier alpha value is -3.30. The van der Waals surface area contributed by atoms with Gasteiger partial charge in [-0.3, -0.25) is 0 Å². The number of amides is 2. The van der Waals surface area contributed by atoms with Gasteiger partial charge in [-0.2, -0.15) is 0 Å². The fraction of sp³-hybridized carbons (Fsp3) is 0.667. The average molecular weight is 557 g/mol. The lowest BCUT2D eigenvalue weighted by Crippen LogP contribution is -2.49. The number of carbonyl (C=O) groups is 2. The SMILES string of the molecule is CC(C)(C)OC(=O)N1CCCCC1COc1nc2ccccc2nc1OCC1CCCCN1C(=O)OC(C)(C)C. The average Bonchev–Trinajstić information content (AvgIpc) is 2.89. The van der Waals surface area contributed by atoms with Gasteiger partial charge in [0.15, 0.2) is 0 Å². The van der Waals surface area contributed by atoms with Crippen LogP contribution in [0, 0.1) is 0 Å². The van der Waals surface area contributed by atoms with Gasteiger partial charge in [0.25, 0.3) is 11.8 Å². The summed E-state index contributed by atoms with van der Waals surface area (Å²) in [5.74, 6) is 0.543. The molecular weight excluding hydrogens is 512 g/mol. The molecule has 0 bridgehead atoms. The largest absolute Gasteiger partial charge is 0.472 e. The molecular formula is C30H44N4O6. The van der Waals surface area contributed by atoms with Crippen LogP contribution in [0.2, 0.25) is 0 Å². The van der Waals surface area contributed by atoms with E-state index in [-0.39, 0.29) is 49.2 Å². The van der Waals surface area contributed by atoms with E-state index in [1.807, 2.05) is 65.8 Å². The lowest BCUT2D eigenvalue weighted by molar-refractivity contribution is 0.000718. The van der Waals surface area contributed by atoms with Crippen LogP contribution in [0.15, 0.2) is 24.3 Å². The van der Waals surface area contributed by atoms with Crippen molar-refractivity contribution in [2.45, 2.75) is 103 Å². The summed E-state index contributed by atoms with van der Waals surface area (Å²) in [6.45, 7) is 12.9. The van der Waals surface area contributed by atoms with Gasteiger partial charge in [-0.15, -0.1) is 0 Å². The first-order chi connectivity index (χ1) is 18.9. The predicted molar refractivity (Wildman–Crippen MR) is 152 cm³/mol. The molecule has 3 heterocycles. The number of hydrogen-bond donors (Lipinski definition) is 0. The summed E-state index contributed by atoms with van der Waals surface area (Å²) in [5, 5.41) is 0. The molecule has 0 saturated carbocycles. The van der Waals surface area contributed by atoms with Crippen molar-refractivity contribution in [2.75, 3.05) is 26.3 Å². The Morgan fingerprint density at radius 2 is 1.12 bits per heavy atom. The summed E-state index contributed by atoms with van der Waals surface area (Å²) in [4.78, 5) is 38.7. The summed E-state index contributed by atoms with van der Waals surface area (Å²) >= 11 is 0. The predicted octanol–water partition coefficient (Wildman–Crippen LogP) is 5.97. The second kappa shape index (κ2) is 12.5. The lowest BCUT2D eigenvalue weighted by atomic mass is 10.0. The van der Waals surface area contributed by atoms with Gasteiger partial charge >= 0.3 is 12.2 Å². The Morgan fingerprint density at radius 1 is 0.725 bits per heavy atom. The number of rotatable bonds is 6. The van der Waals surface area contributed by atoms with Crippen LogP contribution in [0.4, 0.5) is 9.59 Å². The first-order valence-corrected chi connectivity index (χ1v) is 14.4. The molecule has 2 amide bonds. The molecule has 0 N–H and O–H groups in total. The van der Waals surface area contributed by atoms with Crippen LogP contribution in [-0.4, -0.2) is 81.5 Å². The van der Waals surface area contributed by atoms with Gasteiger partial charge in [0, 0.05) is 13.1 Å². The highest BCUT2D eigenvalue weighted by Gasteiger charge is 2.33. The number of aromatic nitrogens is 2. The highest BCUT2D eigenvalue weighted by atomic mass is 16.6. The molecule has 2 fully saturated rings. The standard InChI is InChI=1S/C30H44N4O6/c1-29(2,3)39-27(35)33-17-11-9-13-21(33)19-37-25-26(32-24-16-8-7-15-23(24)31-25)38-20-22-14-10-12-18-34(22)28(36)40-30(4,5)6/h7-8,15-16,21-22H,9-14,17-20H2,1-6H3. The van der Waals surface area contributed by atoms with E-state index in [1.54, 1.807) is 9.80 Å². The van der Waals surface area contributed by atoms with Crippen molar-refractivity contribution in [2.24, 2.45) is 0 Å². The molecule has 10 heteroatoms. The number of para-hydroxylation sites is 2. The number of nitrogens with zero attached hydrogens (tertiary/aromatic N) is 4. The van der Waals surface area contributed by atoms with Crippen molar-refractivity contribution in [1.82, 2.24) is 19.8 Å². The molecule has 0 radical (unpaired) electrons. The first-order valence-electron chi connectivity index (χ1n) is 14.4. The third-order valence-corrected chi connectivity index (χ3v) is 6.84. The van der Waals surface area contributed by atoms with Crippen LogP contribution in [0.1, 0.15) is 80.1 Å². The Kier molecular flexibility index (Phi) is 9.26. The zero-order valence-corrected chi connectivity index (χ0v) is 24.8. The fourth-order valence-electron chi connectivity index (χ4n) is 4.98. The Balaban J connectivity index is 1.50. The summed E-state index contributed by atoms with van der Waals surface area (Å²) in [6, 6.07) is 7.24. The highest BCUT2D eigenvalue weighted by Crippen LogP contribution is 2.29. The summed E-state index contributed by atoms with van der Waals surface area (Å²) in [6.07, 6.45) is 4.81. The van der Waals surface area contributed by atoms with E-state index in [1.165, 1.54) is 0 Å². The van der Waals surface area contributed by atoms with Crippen LogP contribution in [0.25, 0.3) is 11.0 Å². The first kappa shape index (κ1) is 29.7. The van der Waals surface area contributed by atoms with Crippen molar-refractivity contribution in [3.05, 3.63) is 24.3 Å². The third-order valence-electron chi connectivity index (χ3n) is 6.84. The molecule has 2 unspecified atom stereocenters. The Labute approximate surface area is 237 Å². The lowest BCUT2D eigenvalue weighted by Gasteiger charge is -2.37. The molecule has 4 rings (SSSR count). The normalized spacial score (nSPS) is 20.2. The van der Waals surface area contributed by atoms with Gasteiger partial charge in [0.2, 0.25) is 0 Å². The Bertz CT molecular complexity index is 1080. The van der Waals surface area contributed by atoms with E-state index < -0.39 is 11.2 Å². The van der Waals surface area contributed by atoms with Gasteiger partial charge in [-0.25, -0.2) is 19.6 Å². The van der Waals surface area contributed by atoms with Gasteiger partial charge in [-0.05, 0) is 92.2 Å². The number of ether oxygens (including phenoxy) is 4. The number of piperidine rings is 2. The molecule has 2 aliphatic heterocycles. The topological polar surface area (TPSA) is 103 Å². The minimum absolute atomic E-state index is 0.147. The molecule has 0 aliphatic carbocycles. The summed E-state index contributed by atoms with van der Waals surface area (Å²) < 4.78 is 23.7. The quantitative estimate of drug-likeness (QED) is 0.429. The number of carbonyl (C=O) groups excluding carboxylic acids is 2. The number of benzene rings is 1. The van der Waals surface area contributed by atoms with E-state index >= 15 is 0 Å². The maximum absolute atomic E-state index is 12.9. The van der Waals surface area contributed by atoms with Gasteiger partial charge in [-0.1, -0.05) is 12.1 Å². The van der Waals surface area contributed by atoms with E-state index in [4.69, 9.17) is 28.9 Å². The minimum atomic E-state index is -0.572. The van der Waals surface area contributed by atoms with Crippen LogP contribution in [0.3, 0.4) is 0 Å². The minimum Gasteiger partial charge on any atom is -0.472 e. The van der Waals surface area contributed by atoms with Crippen LogP contribution < -0.4 is 9.47 Å². The zero-order valence-electron chi connectivity index (χ0n) is 24.8. The molecule has 2 atom stereocenters. The fourth-order valence-corrected chi connectivity index (χ4v) is 4.98. The number of likely N-dealkylation sites (tertiary alicyclic amines) is 2. The van der Waals surface area contributed by atoms with E-state index in [0.717, 1.165) is 38.5 Å². The van der Waals surface area contributed by atoms with Crippen molar-refractivity contribution in [1.29, 1.82) is 0 Å². The maximum Gasteiger partial charge on any atom is 0.410 e. The van der Waals surface area contributed by atoms with E-state index in [2.05, 4.69) is 0 Å². The van der Waals surface area contributed by atoms with Gasteiger partial charge in [0.05, 0.1) is 23.1 Å². The molecule has 2 aromatic rings. The highest BCUT2D eigenvalue weighted by molar-refractivity contribution is 5.75. The molecule has 1 aromatic carbocycles. The smallest absolute Gasteiger partial charge is 0.410 e. The molecule has 1 aromatic heterocycles. The maximum atomic E-state index is 12.9. The van der Waals surface area contributed by atoms with Crippen LogP contribution in [-0.2, 0) is 9.47 Å². The summed E-state index contributed by atoms with van der Waals surface area (Å²) in [5.41, 5.74) is 0.227. The van der Waals surface area contributed by atoms with Crippen LogP contribution >= 0.6 is 0 Å². The van der Waals surface area contributed by atoms with Crippen molar-refractivity contribution in [3.8, 4) is 11.8 Å². The van der Waals surface area contributed by atoms with Crippen LogP contribution in [0.5, 0.6) is 11.8 Å². The molecule has 10 nitrogen and oxygen atoms in total. The van der Waals surface area contributed by atoms with Gasteiger partial charge < -0.3 is 28.7 Å². The molecule has 2 aliphatic rings. The molecule has 2 saturated heterocycles. The van der Waals surface area contributed by atoms with Crippen molar-refractivity contribution in [3.63, 3.8) is 0 Å². The monoisotopic (exact) mass is 556 g/mol. The number of fused-ring (bicyclic) bond motifs is 1. The van der Waals surface area contributed by atoms with E-state index in [0.29, 0.717) is 24.1 Å².